The monoisotopic (exact) mass is 291 g/mol. The molecule has 2 aromatic carbocycles. The normalized spacial score (nSPS) is 16.4. The van der Waals surface area contributed by atoms with Crippen LogP contribution in [0.15, 0.2) is 40.9 Å². The van der Waals surface area contributed by atoms with Crippen molar-refractivity contribution < 1.29 is 4.74 Å². The van der Waals surface area contributed by atoms with Crippen molar-refractivity contribution >= 4 is 32.4 Å². The molecule has 0 unspecified atom stereocenters. The highest BCUT2D eigenvalue weighted by Crippen LogP contribution is 2.34. The third-order valence-electron chi connectivity index (χ3n) is 3.19. The number of hydrogen-bond acceptors (Lipinski definition) is 2. The number of fused-ring (bicyclic) bond motifs is 1. The van der Waals surface area contributed by atoms with Crippen molar-refractivity contribution in [3.8, 4) is 0 Å². The van der Waals surface area contributed by atoms with Crippen LogP contribution in [-0.2, 0) is 4.74 Å². The van der Waals surface area contributed by atoms with Gasteiger partial charge in [0.05, 0.1) is 18.9 Å². The third-order valence-corrected chi connectivity index (χ3v) is 4.03. The van der Waals surface area contributed by atoms with E-state index >= 15 is 0 Å². The highest BCUT2D eigenvalue weighted by molar-refractivity contribution is 9.10. The van der Waals surface area contributed by atoms with Gasteiger partial charge in [0, 0.05) is 17.6 Å². The van der Waals surface area contributed by atoms with Gasteiger partial charge in [0.25, 0.3) is 0 Å². The van der Waals surface area contributed by atoms with Crippen LogP contribution < -0.4 is 4.90 Å². The smallest absolute Gasteiger partial charge is 0.0642 e. The second-order valence-electron chi connectivity index (χ2n) is 4.22. The van der Waals surface area contributed by atoms with E-state index in [9.17, 15) is 0 Å². The van der Waals surface area contributed by atoms with Gasteiger partial charge in [-0.05, 0) is 32.8 Å². The number of benzene rings is 2. The van der Waals surface area contributed by atoms with E-state index in [4.69, 9.17) is 4.74 Å². The average Bonchev–Trinajstić information content (AvgIpc) is 2.40. The number of hydrogen-bond donors (Lipinski definition) is 0. The zero-order valence-corrected chi connectivity index (χ0v) is 11.1. The molecule has 0 N–H and O–H groups in total. The lowest BCUT2D eigenvalue weighted by Gasteiger charge is -2.30. The van der Waals surface area contributed by atoms with Gasteiger partial charge in [-0.1, -0.05) is 30.3 Å². The molecule has 1 saturated heterocycles. The van der Waals surface area contributed by atoms with Crippen LogP contribution >= 0.6 is 15.9 Å². The second-order valence-corrected chi connectivity index (χ2v) is 5.01. The maximum atomic E-state index is 5.39. The van der Waals surface area contributed by atoms with E-state index in [-0.39, 0.29) is 0 Å². The fraction of sp³-hybridized carbons (Fsp3) is 0.286. The lowest BCUT2D eigenvalue weighted by atomic mass is 10.1. The van der Waals surface area contributed by atoms with E-state index in [0.29, 0.717) is 0 Å². The lowest BCUT2D eigenvalue weighted by Crippen LogP contribution is -2.36. The summed E-state index contributed by atoms with van der Waals surface area (Å²) in [6.07, 6.45) is 0. The Balaban J connectivity index is 2.07. The summed E-state index contributed by atoms with van der Waals surface area (Å²) in [5.41, 5.74) is 1.27. The Morgan fingerprint density at radius 1 is 1.00 bits per heavy atom. The molecule has 0 bridgehead atoms. The van der Waals surface area contributed by atoms with E-state index in [1.54, 1.807) is 0 Å². The first-order valence-electron chi connectivity index (χ1n) is 5.86. The van der Waals surface area contributed by atoms with Crippen molar-refractivity contribution in [1.29, 1.82) is 0 Å². The van der Waals surface area contributed by atoms with Crippen LogP contribution in [0.2, 0.25) is 0 Å². The van der Waals surface area contributed by atoms with Gasteiger partial charge in [-0.25, -0.2) is 0 Å². The van der Waals surface area contributed by atoms with Crippen LogP contribution in [0.1, 0.15) is 0 Å². The molecule has 0 spiro atoms. The van der Waals surface area contributed by atoms with Crippen LogP contribution in [0.25, 0.3) is 10.8 Å². The number of nitrogens with zero attached hydrogens (tertiary/aromatic N) is 1. The summed E-state index contributed by atoms with van der Waals surface area (Å²) in [5, 5.41) is 2.55. The molecular formula is C14H14BrNO. The molecule has 1 heterocycles. The molecule has 3 rings (SSSR count). The summed E-state index contributed by atoms with van der Waals surface area (Å²) < 4.78 is 6.58. The highest BCUT2D eigenvalue weighted by Gasteiger charge is 2.14. The summed E-state index contributed by atoms with van der Waals surface area (Å²) in [5.74, 6) is 0. The van der Waals surface area contributed by atoms with Crippen molar-refractivity contribution in [3.63, 3.8) is 0 Å². The van der Waals surface area contributed by atoms with Crippen molar-refractivity contribution in [3.05, 3.63) is 40.9 Å². The Morgan fingerprint density at radius 2 is 1.76 bits per heavy atom. The SMILES string of the molecule is Brc1c(N2CCOCC2)ccc2ccccc12. The van der Waals surface area contributed by atoms with E-state index in [1.807, 2.05) is 0 Å². The van der Waals surface area contributed by atoms with Gasteiger partial charge in [-0.3, -0.25) is 0 Å². The molecule has 2 nitrogen and oxygen atoms in total. The quantitative estimate of drug-likeness (QED) is 0.798. The largest absolute Gasteiger partial charge is 0.378 e. The summed E-state index contributed by atoms with van der Waals surface area (Å²) >= 11 is 3.73. The number of anilines is 1. The van der Waals surface area contributed by atoms with E-state index in [0.717, 1.165) is 26.3 Å². The predicted octanol–water partition coefficient (Wildman–Crippen LogP) is 3.44. The second kappa shape index (κ2) is 4.67. The molecule has 0 atom stereocenters. The summed E-state index contributed by atoms with van der Waals surface area (Å²) in [6, 6.07) is 12.8. The van der Waals surface area contributed by atoms with Gasteiger partial charge in [-0.2, -0.15) is 0 Å². The Kier molecular flexibility index (Phi) is 3.04. The zero-order chi connectivity index (χ0) is 11.7. The summed E-state index contributed by atoms with van der Waals surface area (Å²) in [7, 11) is 0. The zero-order valence-electron chi connectivity index (χ0n) is 9.53. The standard InChI is InChI=1S/C14H14BrNO/c15-14-12-4-2-1-3-11(12)5-6-13(14)16-7-9-17-10-8-16/h1-6H,7-10H2. The first-order valence-corrected chi connectivity index (χ1v) is 6.65. The highest BCUT2D eigenvalue weighted by atomic mass is 79.9. The Labute approximate surface area is 109 Å². The van der Waals surface area contributed by atoms with E-state index < -0.39 is 0 Å². The van der Waals surface area contributed by atoms with Gasteiger partial charge >= 0.3 is 0 Å². The number of ether oxygens (including phenoxy) is 1. The molecule has 17 heavy (non-hydrogen) atoms. The molecule has 88 valence electrons. The van der Waals surface area contributed by atoms with Crippen LogP contribution in [0.3, 0.4) is 0 Å². The van der Waals surface area contributed by atoms with Gasteiger partial charge in [0.1, 0.15) is 0 Å². The molecule has 1 aliphatic rings. The Bertz CT molecular complexity index is 535. The fourth-order valence-corrected chi connectivity index (χ4v) is 3.01. The van der Waals surface area contributed by atoms with Gasteiger partial charge in [-0.15, -0.1) is 0 Å². The Morgan fingerprint density at radius 3 is 2.59 bits per heavy atom. The van der Waals surface area contributed by atoms with Gasteiger partial charge in [0.2, 0.25) is 0 Å². The maximum Gasteiger partial charge on any atom is 0.0642 e. The average molecular weight is 292 g/mol. The maximum absolute atomic E-state index is 5.39. The molecule has 1 aliphatic heterocycles. The number of halogens is 1. The predicted molar refractivity (Wildman–Crippen MR) is 74.7 cm³/mol. The van der Waals surface area contributed by atoms with E-state index in [1.165, 1.54) is 20.9 Å². The van der Waals surface area contributed by atoms with E-state index in [2.05, 4.69) is 57.2 Å². The van der Waals surface area contributed by atoms with Crippen LogP contribution in [0, 0.1) is 0 Å². The first kappa shape index (κ1) is 11.1. The molecule has 0 saturated carbocycles. The first-order chi connectivity index (χ1) is 8.36. The van der Waals surface area contributed by atoms with Crippen LogP contribution in [0.5, 0.6) is 0 Å². The summed E-state index contributed by atoms with van der Waals surface area (Å²) in [6.45, 7) is 3.58. The topological polar surface area (TPSA) is 12.5 Å². The minimum atomic E-state index is 0.819. The third kappa shape index (κ3) is 2.05. The molecule has 3 heteroatoms. The van der Waals surface area contributed by atoms with Crippen molar-refractivity contribution in [2.45, 2.75) is 0 Å². The Hall–Kier alpha value is -1.06. The van der Waals surface area contributed by atoms with Crippen molar-refractivity contribution in [2.75, 3.05) is 31.2 Å². The molecule has 0 radical (unpaired) electrons. The molecule has 0 aliphatic carbocycles. The lowest BCUT2D eigenvalue weighted by molar-refractivity contribution is 0.122. The van der Waals surface area contributed by atoms with Crippen LogP contribution in [-0.4, -0.2) is 26.3 Å². The van der Waals surface area contributed by atoms with Crippen molar-refractivity contribution in [2.24, 2.45) is 0 Å². The van der Waals surface area contributed by atoms with Gasteiger partial charge in [0.15, 0.2) is 0 Å². The number of morpholine rings is 1. The minimum Gasteiger partial charge on any atom is -0.378 e. The molecule has 1 fully saturated rings. The molecule has 2 aromatic rings. The fourth-order valence-electron chi connectivity index (χ4n) is 2.27. The number of rotatable bonds is 1. The van der Waals surface area contributed by atoms with Gasteiger partial charge < -0.3 is 9.64 Å². The van der Waals surface area contributed by atoms with Crippen molar-refractivity contribution in [1.82, 2.24) is 0 Å². The molecular weight excluding hydrogens is 278 g/mol. The molecule has 0 aromatic heterocycles. The summed E-state index contributed by atoms with van der Waals surface area (Å²) in [4.78, 5) is 2.38. The molecule has 0 amide bonds. The van der Waals surface area contributed by atoms with Crippen LogP contribution in [0.4, 0.5) is 5.69 Å². The minimum absolute atomic E-state index is 0.819.